The number of hydrogen-bond donors (Lipinski definition) is 0. The minimum atomic E-state index is -0.199. The highest BCUT2D eigenvalue weighted by Gasteiger charge is 2.52. The van der Waals surface area contributed by atoms with Crippen molar-refractivity contribution in [2.75, 3.05) is 0 Å². The van der Waals surface area contributed by atoms with Crippen LogP contribution in [0.3, 0.4) is 0 Å². The van der Waals surface area contributed by atoms with E-state index in [-0.39, 0.29) is 17.2 Å². The Morgan fingerprint density at radius 2 is 0.877 bits per heavy atom. The highest BCUT2D eigenvalue weighted by Crippen LogP contribution is 2.59. The van der Waals surface area contributed by atoms with Crippen LogP contribution in [0.4, 0.5) is 0 Å². The van der Waals surface area contributed by atoms with Crippen LogP contribution in [0.5, 0.6) is 0 Å². The number of amides is 2. The molecule has 4 aromatic rings. The molecule has 4 nitrogen and oxygen atoms in total. The Hall–Kier alpha value is -4.26. The number of nitrogens with zero attached hydrogens (tertiary/aromatic N) is 2. The normalized spacial score (nSPS) is 18.7. The van der Waals surface area contributed by atoms with Crippen LogP contribution in [0.25, 0.3) is 45.8 Å². The third-order valence-corrected chi connectivity index (χ3v) is 19.0. The van der Waals surface area contributed by atoms with E-state index in [1.807, 2.05) is 17.3 Å². The third-order valence-electron chi connectivity index (χ3n) is 18.0. The summed E-state index contributed by atoms with van der Waals surface area (Å²) in [6.07, 6.45) is 31.5. The van der Waals surface area contributed by atoms with Crippen molar-refractivity contribution in [3.8, 4) is 22.3 Å². The molecule has 5 aliphatic rings. The molecule has 386 valence electrons. The minimum Gasteiger partial charge on any atom is -0.282 e. The van der Waals surface area contributed by atoms with Crippen LogP contribution >= 0.6 is 31.9 Å². The summed E-state index contributed by atoms with van der Waals surface area (Å²) in [7, 11) is 0. The molecule has 4 aromatic carbocycles. The van der Waals surface area contributed by atoms with Crippen molar-refractivity contribution in [3.63, 3.8) is 0 Å². The van der Waals surface area contributed by atoms with Crippen LogP contribution in [0.2, 0.25) is 0 Å². The second-order valence-corrected chi connectivity index (χ2v) is 24.4. The summed E-state index contributed by atoms with van der Waals surface area (Å²) >= 11 is 7.82. The smallest absolute Gasteiger partial charge is 0.265 e. The molecule has 0 N–H and O–H groups in total. The summed E-state index contributed by atoms with van der Waals surface area (Å²) in [4.78, 5) is 34.3. The molecule has 1 aliphatic carbocycles. The molecule has 0 saturated heterocycles. The number of halogens is 2. The number of fused-ring (bicyclic) bond motifs is 10. The molecule has 2 amide bonds. The van der Waals surface area contributed by atoms with E-state index in [0.717, 1.165) is 94.0 Å². The van der Waals surface area contributed by atoms with E-state index in [4.69, 9.17) is 0 Å². The van der Waals surface area contributed by atoms with Crippen molar-refractivity contribution in [1.29, 1.82) is 0 Å². The van der Waals surface area contributed by atoms with E-state index in [9.17, 15) is 0 Å². The highest BCUT2D eigenvalue weighted by atomic mass is 79.9. The zero-order valence-electron chi connectivity index (χ0n) is 45.5. The van der Waals surface area contributed by atoms with Crippen molar-refractivity contribution < 1.29 is 9.59 Å². The fraction of sp³-hybridized carbons (Fsp3) is 0.493. The monoisotopic (exact) mass is 1100 g/mol. The zero-order valence-corrected chi connectivity index (χ0v) is 48.7. The van der Waals surface area contributed by atoms with Crippen LogP contribution < -0.4 is 0 Å². The highest BCUT2D eigenvalue weighted by molar-refractivity contribution is 9.10. The molecule has 0 aromatic heterocycles. The topological polar surface area (TPSA) is 40.6 Å². The van der Waals surface area contributed by atoms with Gasteiger partial charge in [0.05, 0.1) is 22.5 Å². The van der Waals surface area contributed by atoms with Gasteiger partial charge in [0, 0.05) is 37.9 Å². The summed E-state index contributed by atoms with van der Waals surface area (Å²) < 4.78 is 2.24. The van der Waals surface area contributed by atoms with E-state index >= 15 is 9.59 Å². The van der Waals surface area contributed by atoms with Crippen LogP contribution in [-0.2, 0) is 27.8 Å². The quantitative estimate of drug-likeness (QED) is 0.0664. The predicted molar refractivity (Wildman–Crippen MR) is 315 cm³/mol. The fourth-order valence-electron chi connectivity index (χ4n) is 13.7. The molecule has 0 spiro atoms. The van der Waals surface area contributed by atoms with E-state index in [1.165, 1.54) is 122 Å². The van der Waals surface area contributed by atoms with Crippen molar-refractivity contribution in [1.82, 2.24) is 9.80 Å². The number of hydrogen-bond acceptors (Lipinski definition) is 2. The van der Waals surface area contributed by atoms with Crippen LogP contribution in [0.15, 0.2) is 93.2 Å². The lowest BCUT2D eigenvalue weighted by molar-refractivity contribution is -0.122. The van der Waals surface area contributed by atoms with Crippen molar-refractivity contribution in [2.45, 2.75) is 189 Å². The SMILES string of the molecule is CCCCC(CC)Cc1cc(Br)ccc1-c1cc2c(cc1CC(CC)CCCC)C1=C3C(=O)N4C=Cc5cc6c(cc5C4=C3C(=O)N1C=C2)C(CC(CC)CCCC)(CC(CC)CCCC)c1cc(Br)ccc1-6. The molecule has 0 fully saturated rings. The van der Waals surface area contributed by atoms with Gasteiger partial charge in [-0.3, -0.25) is 19.4 Å². The molecule has 0 saturated carbocycles. The lowest BCUT2D eigenvalue weighted by Gasteiger charge is -2.39. The molecule has 0 bridgehead atoms. The van der Waals surface area contributed by atoms with Gasteiger partial charge in [0.15, 0.2) is 0 Å². The van der Waals surface area contributed by atoms with Gasteiger partial charge in [-0.05, 0) is 166 Å². The Balaban J connectivity index is 1.23. The maximum atomic E-state index is 15.3. The molecular weight excluding hydrogens is 1020 g/mol. The standard InChI is InChI=1S/C67H82Br2N2O2/c1-9-17-21-43(13-5)33-49-35-51(68)25-27-53(49)55-36-47-29-31-70-63(56(47)38-50(55)34-44(14-6)22-18-10-2)61-62(66(70)73)64-57-40-60-58(37-48(57)30-32-71(64)65(61)72)54-28-26-52(69)39-59(54)67(60,41-45(15-7)23-19-11-3)42-46(16-8)24-20-12-4/h25-32,35-40,43-46H,9-24,33-34,41-42H2,1-8H3. The molecule has 9 rings (SSSR count). The van der Waals surface area contributed by atoms with Gasteiger partial charge in [-0.2, -0.15) is 0 Å². The number of carbonyl (C=O) groups excluding carboxylic acids is 2. The number of carbonyl (C=O) groups is 2. The lowest BCUT2D eigenvalue weighted by atomic mass is 9.65. The van der Waals surface area contributed by atoms with Crippen LogP contribution in [-0.4, -0.2) is 21.6 Å². The first kappa shape index (κ1) is 53.6. The number of benzene rings is 4. The van der Waals surface area contributed by atoms with Crippen LogP contribution in [0.1, 0.15) is 215 Å². The van der Waals surface area contributed by atoms with E-state index in [0.29, 0.717) is 34.8 Å². The lowest BCUT2D eigenvalue weighted by Crippen LogP contribution is -2.32. The molecule has 73 heavy (non-hydrogen) atoms. The van der Waals surface area contributed by atoms with Gasteiger partial charge in [-0.1, -0.05) is 202 Å². The largest absolute Gasteiger partial charge is 0.282 e. The molecule has 4 aliphatic heterocycles. The summed E-state index contributed by atoms with van der Waals surface area (Å²) in [5, 5.41) is 0. The zero-order chi connectivity index (χ0) is 51.6. The van der Waals surface area contributed by atoms with Gasteiger partial charge < -0.3 is 0 Å². The van der Waals surface area contributed by atoms with Gasteiger partial charge in [-0.25, -0.2) is 0 Å². The van der Waals surface area contributed by atoms with Gasteiger partial charge >= 0.3 is 0 Å². The average molecular weight is 1110 g/mol. The van der Waals surface area contributed by atoms with Gasteiger partial charge in [0.1, 0.15) is 0 Å². The Bertz CT molecular complexity index is 2840. The fourth-order valence-corrected chi connectivity index (χ4v) is 14.4. The second-order valence-electron chi connectivity index (χ2n) is 22.6. The minimum absolute atomic E-state index is 0.109. The van der Waals surface area contributed by atoms with E-state index in [2.05, 4.69) is 160 Å². The number of rotatable bonds is 25. The molecule has 4 atom stereocenters. The molecule has 6 heteroatoms. The predicted octanol–water partition coefficient (Wildman–Crippen LogP) is 19.7. The second kappa shape index (κ2) is 23.3. The molecule has 4 unspecified atom stereocenters. The first-order valence-corrected chi connectivity index (χ1v) is 30.5. The molecule has 0 radical (unpaired) electrons. The average Bonchev–Trinajstić information content (AvgIpc) is 3.99. The molecule has 4 heterocycles. The molecular formula is C67H82Br2N2O2. The Morgan fingerprint density at radius 1 is 0.452 bits per heavy atom. The third kappa shape index (κ3) is 10.2. The first-order chi connectivity index (χ1) is 35.5. The van der Waals surface area contributed by atoms with Crippen molar-refractivity contribution >= 4 is 67.2 Å². The Kier molecular flexibility index (Phi) is 17.1. The van der Waals surface area contributed by atoms with E-state index < -0.39 is 0 Å². The summed E-state index contributed by atoms with van der Waals surface area (Å²) in [6, 6.07) is 23.5. The van der Waals surface area contributed by atoms with Gasteiger partial charge in [0.2, 0.25) is 0 Å². The number of unbranched alkanes of at least 4 members (excludes halogenated alkanes) is 4. The maximum absolute atomic E-state index is 15.3. The Morgan fingerprint density at radius 3 is 1.37 bits per heavy atom. The summed E-state index contributed by atoms with van der Waals surface area (Å²) in [6.45, 7) is 18.7. The van der Waals surface area contributed by atoms with E-state index in [1.54, 1.807) is 4.90 Å². The summed E-state index contributed by atoms with van der Waals surface area (Å²) in [5.74, 6) is 2.10. The Labute approximate surface area is 456 Å². The van der Waals surface area contributed by atoms with Crippen molar-refractivity contribution in [3.05, 3.63) is 138 Å². The van der Waals surface area contributed by atoms with Crippen LogP contribution in [0, 0.1) is 23.7 Å². The van der Waals surface area contributed by atoms with Gasteiger partial charge in [0.25, 0.3) is 11.8 Å². The first-order valence-electron chi connectivity index (χ1n) is 28.9. The maximum Gasteiger partial charge on any atom is 0.265 e. The van der Waals surface area contributed by atoms with Gasteiger partial charge in [-0.15, -0.1) is 0 Å². The summed E-state index contributed by atoms with van der Waals surface area (Å²) in [5.41, 5.74) is 17.3. The van der Waals surface area contributed by atoms with Crippen molar-refractivity contribution in [2.24, 2.45) is 23.7 Å².